The Kier molecular flexibility index (Phi) is 6.79. The number of hydrogen-bond acceptors (Lipinski definition) is 5. The smallest absolute Gasteiger partial charge is 0.254 e. The van der Waals surface area contributed by atoms with E-state index in [0.29, 0.717) is 29.3 Å². The van der Waals surface area contributed by atoms with Crippen molar-refractivity contribution in [2.75, 3.05) is 12.3 Å². The lowest BCUT2D eigenvalue weighted by atomic mass is 9.99. The summed E-state index contributed by atoms with van der Waals surface area (Å²) >= 11 is 6.03. The average molecular weight is 498 g/mol. The molecule has 10 heteroatoms. The highest BCUT2D eigenvalue weighted by Gasteiger charge is 2.32. The average Bonchev–Trinajstić information content (AvgIpc) is 3.18. The third-order valence-electron chi connectivity index (χ3n) is 6.10. The molecule has 182 valence electrons. The lowest BCUT2D eigenvalue weighted by molar-refractivity contribution is -0.130. The predicted octanol–water partition coefficient (Wildman–Crippen LogP) is 4.55. The number of amides is 2. The van der Waals surface area contributed by atoms with Crippen molar-refractivity contribution in [1.29, 1.82) is 0 Å². The Bertz CT molecular complexity index is 1290. The lowest BCUT2D eigenvalue weighted by Gasteiger charge is -2.37. The Morgan fingerprint density at radius 1 is 1.23 bits per heavy atom. The van der Waals surface area contributed by atoms with Crippen molar-refractivity contribution in [2.24, 2.45) is 5.73 Å². The minimum atomic E-state index is -0.703. The van der Waals surface area contributed by atoms with E-state index in [1.807, 2.05) is 6.92 Å². The first kappa shape index (κ1) is 24.3. The SMILES string of the molecule is C=CC(=O)N1CC(n2nc(-c3ccc(Oc4ccc(F)cc4Cl)cc3)c(C(N)=O)c2N)CCC1C. The summed E-state index contributed by atoms with van der Waals surface area (Å²) in [6, 6.07) is 10.4. The van der Waals surface area contributed by atoms with Crippen LogP contribution >= 0.6 is 11.6 Å². The van der Waals surface area contributed by atoms with Gasteiger partial charge in [-0.1, -0.05) is 18.2 Å². The zero-order chi connectivity index (χ0) is 25.3. The highest BCUT2D eigenvalue weighted by Crippen LogP contribution is 2.35. The molecule has 2 heterocycles. The second kappa shape index (κ2) is 9.79. The number of aromatic nitrogens is 2. The van der Waals surface area contributed by atoms with Gasteiger partial charge >= 0.3 is 0 Å². The van der Waals surface area contributed by atoms with Crippen LogP contribution in [0.4, 0.5) is 10.2 Å². The van der Waals surface area contributed by atoms with Crippen molar-refractivity contribution in [1.82, 2.24) is 14.7 Å². The van der Waals surface area contributed by atoms with Crippen LogP contribution in [-0.4, -0.2) is 39.1 Å². The topological polar surface area (TPSA) is 116 Å². The van der Waals surface area contributed by atoms with Crippen molar-refractivity contribution in [3.8, 4) is 22.8 Å². The van der Waals surface area contributed by atoms with E-state index in [9.17, 15) is 14.0 Å². The number of hydrogen-bond donors (Lipinski definition) is 2. The van der Waals surface area contributed by atoms with Gasteiger partial charge in [-0.25, -0.2) is 9.07 Å². The van der Waals surface area contributed by atoms with Crippen molar-refractivity contribution in [2.45, 2.75) is 31.8 Å². The molecule has 0 aliphatic carbocycles. The van der Waals surface area contributed by atoms with Gasteiger partial charge in [0.25, 0.3) is 5.91 Å². The fourth-order valence-corrected chi connectivity index (χ4v) is 4.45. The first-order chi connectivity index (χ1) is 16.7. The van der Waals surface area contributed by atoms with E-state index in [2.05, 4.69) is 11.7 Å². The number of piperidine rings is 1. The number of nitrogens with zero attached hydrogens (tertiary/aromatic N) is 3. The van der Waals surface area contributed by atoms with Gasteiger partial charge in [-0.2, -0.15) is 5.10 Å². The Morgan fingerprint density at radius 2 is 1.94 bits per heavy atom. The van der Waals surface area contributed by atoms with Crippen LogP contribution in [0.15, 0.2) is 55.1 Å². The van der Waals surface area contributed by atoms with Crippen LogP contribution in [0.3, 0.4) is 0 Å². The summed E-state index contributed by atoms with van der Waals surface area (Å²) in [6.07, 6.45) is 2.77. The molecular formula is C25H25ClFN5O3. The van der Waals surface area contributed by atoms with Crippen LogP contribution in [0.5, 0.6) is 11.5 Å². The Morgan fingerprint density at radius 3 is 2.57 bits per heavy atom. The molecule has 35 heavy (non-hydrogen) atoms. The van der Waals surface area contributed by atoms with E-state index in [-0.39, 0.29) is 34.4 Å². The summed E-state index contributed by atoms with van der Waals surface area (Å²) in [5.41, 5.74) is 13.0. The highest BCUT2D eigenvalue weighted by molar-refractivity contribution is 6.32. The first-order valence-electron chi connectivity index (χ1n) is 11.0. The minimum absolute atomic E-state index is 0.0609. The second-order valence-electron chi connectivity index (χ2n) is 8.39. The molecule has 2 aromatic carbocycles. The van der Waals surface area contributed by atoms with Crippen LogP contribution in [0, 0.1) is 5.82 Å². The molecule has 0 bridgehead atoms. The van der Waals surface area contributed by atoms with Crippen molar-refractivity contribution >= 4 is 29.2 Å². The van der Waals surface area contributed by atoms with E-state index >= 15 is 0 Å². The van der Waals surface area contributed by atoms with E-state index in [1.165, 1.54) is 18.2 Å². The molecule has 0 spiro atoms. The molecule has 1 fully saturated rings. The molecule has 1 aliphatic rings. The number of carbonyl (C=O) groups excluding carboxylic acids is 2. The molecule has 4 rings (SSSR count). The van der Waals surface area contributed by atoms with Gasteiger partial charge in [0.2, 0.25) is 5.91 Å². The number of ether oxygens (including phenoxy) is 1. The Hall–Kier alpha value is -3.85. The zero-order valence-electron chi connectivity index (χ0n) is 19.1. The van der Waals surface area contributed by atoms with Gasteiger partial charge in [-0.3, -0.25) is 9.59 Å². The Balaban J connectivity index is 1.64. The number of anilines is 1. The minimum Gasteiger partial charge on any atom is -0.456 e. The molecule has 1 aromatic heterocycles. The third kappa shape index (κ3) is 4.85. The fourth-order valence-electron chi connectivity index (χ4n) is 4.25. The van der Waals surface area contributed by atoms with E-state index in [1.54, 1.807) is 33.8 Å². The van der Waals surface area contributed by atoms with Gasteiger partial charge in [0.05, 0.1) is 11.1 Å². The number of likely N-dealkylation sites (tertiary alicyclic amines) is 1. The molecule has 2 unspecified atom stereocenters. The van der Waals surface area contributed by atoms with Gasteiger partial charge in [0.15, 0.2) is 0 Å². The molecule has 1 aliphatic heterocycles. The van der Waals surface area contributed by atoms with Gasteiger partial charge in [0.1, 0.15) is 34.4 Å². The summed E-state index contributed by atoms with van der Waals surface area (Å²) in [4.78, 5) is 26.3. The standard InChI is InChI=1S/C25H25ClFN5O3/c1-3-21(33)31-13-17(8-4-14(31)2)32-24(28)22(25(29)34)23(30-32)15-5-9-18(10-6-15)35-20-11-7-16(27)12-19(20)26/h3,5-7,9-12,14,17H,1,4,8,13,28H2,2H3,(H2,29,34). The first-order valence-corrected chi connectivity index (χ1v) is 11.4. The normalized spacial score (nSPS) is 17.7. The second-order valence-corrected chi connectivity index (χ2v) is 8.80. The molecule has 1 saturated heterocycles. The van der Waals surface area contributed by atoms with Gasteiger partial charge in [-0.05, 0) is 68.3 Å². The number of rotatable bonds is 6. The number of carbonyl (C=O) groups is 2. The lowest BCUT2D eigenvalue weighted by Crippen LogP contribution is -2.45. The van der Waals surface area contributed by atoms with Crippen molar-refractivity contribution < 1.29 is 18.7 Å². The quantitative estimate of drug-likeness (QED) is 0.484. The number of benzene rings is 2. The van der Waals surface area contributed by atoms with Gasteiger partial charge < -0.3 is 21.1 Å². The number of halogens is 2. The van der Waals surface area contributed by atoms with Crippen LogP contribution in [0.2, 0.25) is 5.02 Å². The maximum Gasteiger partial charge on any atom is 0.254 e. The molecule has 2 amide bonds. The van der Waals surface area contributed by atoms with E-state index in [0.717, 1.165) is 18.9 Å². The number of primary amides is 1. The van der Waals surface area contributed by atoms with E-state index in [4.69, 9.17) is 27.8 Å². The van der Waals surface area contributed by atoms with Crippen LogP contribution < -0.4 is 16.2 Å². The maximum absolute atomic E-state index is 13.3. The predicted molar refractivity (Wildman–Crippen MR) is 132 cm³/mol. The van der Waals surface area contributed by atoms with E-state index < -0.39 is 11.7 Å². The molecule has 2 atom stereocenters. The van der Waals surface area contributed by atoms with Crippen molar-refractivity contribution in [3.63, 3.8) is 0 Å². The summed E-state index contributed by atoms with van der Waals surface area (Å²) in [5.74, 6) is -0.427. The molecule has 8 nitrogen and oxygen atoms in total. The molecule has 3 aromatic rings. The molecule has 0 saturated carbocycles. The molecular weight excluding hydrogens is 473 g/mol. The van der Waals surface area contributed by atoms with Crippen LogP contribution in [0.25, 0.3) is 11.3 Å². The van der Waals surface area contributed by atoms with Crippen LogP contribution in [0.1, 0.15) is 36.2 Å². The monoisotopic (exact) mass is 497 g/mol. The highest BCUT2D eigenvalue weighted by atomic mass is 35.5. The molecule has 0 radical (unpaired) electrons. The zero-order valence-corrected chi connectivity index (χ0v) is 19.8. The number of nitrogens with two attached hydrogens (primary N) is 2. The maximum atomic E-state index is 13.3. The Labute approximate surface area is 206 Å². The van der Waals surface area contributed by atoms with Gasteiger partial charge in [0, 0.05) is 18.2 Å². The number of nitrogen functional groups attached to an aromatic ring is 1. The summed E-state index contributed by atoms with van der Waals surface area (Å²) in [5, 5.41) is 4.77. The van der Waals surface area contributed by atoms with Gasteiger partial charge in [-0.15, -0.1) is 0 Å². The molecule has 4 N–H and O–H groups in total. The summed E-state index contributed by atoms with van der Waals surface area (Å²) < 4.78 is 20.6. The third-order valence-corrected chi connectivity index (χ3v) is 6.40. The van der Waals surface area contributed by atoms with Crippen LogP contribution in [-0.2, 0) is 4.79 Å². The summed E-state index contributed by atoms with van der Waals surface area (Å²) in [6.45, 7) is 5.94. The largest absolute Gasteiger partial charge is 0.456 e. The van der Waals surface area contributed by atoms with Crippen molar-refractivity contribution in [3.05, 3.63) is 71.5 Å². The fraction of sp³-hybridized carbons (Fsp3) is 0.240. The summed E-state index contributed by atoms with van der Waals surface area (Å²) in [7, 11) is 0.